The Hall–Kier alpha value is -2.28. The zero-order chi connectivity index (χ0) is 16.8. The molecule has 1 aliphatic heterocycles. The standard InChI is InChI=1S/C17H24N6O/c1-22-13-19-21-16(22)6-7-17(24)20-15-5-3-9-23(12-15)11-14-4-2-8-18-10-14/h2,4,8,10,13,15H,3,5-7,9,11-12H2,1H3,(H,20,24)/t15-/m0/s1. The maximum atomic E-state index is 12.2. The molecule has 2 aromatic rings. The van der Waals surface area contributed by atoms with Gasteiger partial charge in [0, 0.05) is 51.4 Å². The number of likely N-dealkylation sites (tertiary alicyclic amines) is 1. The van der Waals surface area contributed by atoms with Crippen molar-refractivity contribution in [2.24, 2.45) is 7.05 Å². The lowest BCUT2D eigenvalue weighted by atomic mass is 10.0. The Morgan fingerprint density at radius 2 is 2.38 bits per heavy atom. The fourth-order valence-electron chi connectivity index (χ4n) is 3.13. The summed E-state index contributed by atoms with van der Waals surface area (Å²) >= 11 is 0. The first-order chi connectivity index (χ1) is 11.7. The molecule has 0 radical (unpaired) electrons. The number of hydrogen-bond donors (Lipinski definition) is 1. The summed E-state index contributed by atoms with van der Waals surface area (Å²) in [5.74, 6) is 0.929. The van der Waals surface area contributed by atoms with Gasteiger partial charge in [-0.1, -0.05) is 6.07 Å². The van der Waals surface area contributed by atoms with Crippen molar-refractivity contribution in [3.63, 3.8) is 0 Å². The van der Waals surface area contributed by atoms with Gasteiger partial charge in [0.05, 0.1) is 0 Å². The van der Waals surface area contributed by atoms with E-state index in [1.165, 1.54) is 5.56 Å². The van der Waals surface area contributed by atoms with Crippen LogP contribution in [0.2, 0.25) is 0 Å². The van der Waals surface area contributed by atoms with E-state index in [2.05, 4.69) is 31.5 Å². The SMILES string of the molecule is Cn1cnnc1CCC(=O)N[C@H]1CCCN(Cc2cccnc2)C1. The highest BCUT2D eigenvalue weighted by Crippen LogP contribution is 2.13. The van der Waals surface area contributed by atoms with Crippen LogP contribution in [0.1, 0.15) is 30.7 Å². The molecule has 0 aromatic carbocycles. The number of carbonyl (C=O) groups excluding carboxylic acids is 1. The van der Waals surface area contributed by atoms with Crippen LogP contribution in [0.4, 0.5) is 0 Å². The minimum absolute atomic E-state index is 0.0891. The molecule has 0 aliphatic carbocycles. The van der Waals surface area contributed by atoms with Crippen molar-refractivity contribution in [3.8, 4) is 0 Å². The number of pyridine rings is 1. The number of carbonyl (C=O) groups is 1. The van der Waals surface area contributed by atoms with Crippen molar-refractivity contribution >= 4 is 5.91 Å². The van der Waals surface area contributed by atoms with Gasteiger partial charge in [0.25, 0.3) is 0 Å². The molecule has 0 bridgehead atoms. The van der Waals surface area contributed by atoms with E-state index in [-0.39, 0.29) is 11.9 Å². The molecule has 1 amide bonds. The van der Waals surface area contributed by atoms with Crippen LogP contribution in [0.15, 0.2) is 30.9 Å². The topological polar surface area (TPSA) is 75.9 Å². The Labute approximate surface area is 142 Å². The number of nitrogens with one attached hydrogen (secondary N) is 1. The molecule has 0 spiro atoms. The second-order valence-electron chi connectivity index (χ2n) is 6.36. The summed E-state index contributed by atoms with van der Waals surface area (Å²) < 4.78 is 1.85. The molecular formula is C17H24N6O. The Bertz CT molecular complexity index is 656. The molecule has 2 aromatic heterocycles. The van der Waals surface area contributed by atoms with Crippen LogP contribution in [-0.4, -0.2) is 49.7 Å². The highest BCUT2D eigenvalue weighted by molar-refractivity contribution is 5.76. The first kappa shape index (κ1) is 16.6. The molecule has 128 valence electrons. The van der Waals surface area contributed by atoms with Crippen LogP contribution in [0.25, 0.3) is 0 Å². The van der Waals surface area contributed by atoms with Gasteiger partial charge in [-0.2, -0.15) is 0 Å². The van der Waals surface area contributed by atoms with Crippen LogP contribution in [0, 0.1) is 0 Å². The summed E-state index contributed by atoms with van der Waals surface area (Å²) in [5.41, 5.74) is 1.21. The van der Waals surface area contributed by atoms with E-state index in [4.69, 9.17) is 0 Å². The van der Waals surface area contributed by atoms with Crippen molar-refractivity contribution in [1.29, 1.82) is 0 Å². The lowest BCUT2D eigenvalue weighted by Gasteiger charge is -2.33. The molecule has 7 nitrogen and oxygen atoms in total. The lowest BCUT2D eigenvalue weighted by Crippen LogP contribution is -2.47. The molecule has 1 aliphatic rings. The maximum absolute atomic E-state index is 12.2. The monoisotopic (exact) mass is 328 g/mol. The van der Waals surface area contributed by atoms with Crippen molar-refractivity contribution in [2.45, 2.75) is 38.3 Å². The van der Waals surface area contributed by atoms with E-state index >= 15 is 0 Å². The Morgan fingerprint density at radius 3 is 3.12 bits per heavy atom. The summed E-state index contributed by atoms with van der Waals surface area (Å²) in [7, 11) is 1.89. The second-order valence-corrected chi connectivity index (χ2v) is 6.36. The first-order valence-corrected chi connectivity index (χ1v) is 8.44. The van der Waals surface area contributed by atoms with E-state index in [0.717, 1.165) is 38.3 Å². The Kier molecular flexibility index (Phi) is 5.53. The molecule has 0 saturated carbocycles. The van der Waals surface area contributed by atoms with E-state index < -0.39 is 0 Å². The summed E-state index contributed by atoms with van der Waals surface area (Å²) in [6, 6.07) is 4.28. The average Bonchev–Trinajstić information content (AvgIpc) is 2.99. The molecule has 0 unspecified atom stereocenters. The molecule has 1 fully saturated rings. The summed E-state index contributed by atoms with van der Waals surface area (Å²) in [4.78, 5) is 18.7. The average molecular weight is 328 g/mol. The highest BCUT2D eigenvalue weighted by atomic mass is 16.1. The number of aryl methyl sites for hydroxylation is 2. The third-order valence-corrected chi connectivity index (χ3v) is 4.38. The third-order valence-electron chi connectivity index (χ3n) is 4.38. The summed E-state index contributed by atoms with van der Waals surface area (Å²) in [5, 5.41) is 11.0. The van der Waals surface area contributed by atoms with Gasteiger partial charge in [-0.05, 0) is 31.0 Å². The lowest BCUT2D eigenvalue weighted by molar-refractivity contribution is -0.122. The van der Waals surface area contributed by atoms with Crippen molar-refractivity contribution < 1.29 is 4.79 Å². The van der Waals surface area contributed by atoms with Crippen molar-refractivity contribution in [3.05, 3.63) is 42.2 Å². The molecule has 1 saturated heterocycles. The number of nitrogens with zero attached hydrogens (tertiary/aromatic N) is 5. The molecule has 24 heavy (non-hydrogen) atoms. The molecule has 1 N–H and O–H groups in total. The van der Waals surface area contributed by atoms with Gasteiger partial charge in [0.15, 0.2) is 0 Å². The van der Waals surface area contributed by atoms with Gasteiger partial charge in [0.2, 0.25) is 5.91 Å². The highest BCUT2D eigenvalue weighted by Gasteiger charge is 2.21. The minimum Gasteiger partial charge on any atom is -0.352 e. The second kappa shape index (κ2) is 8.01. The normalized spacial score (nSPS) is 18.5. The number of aromatic nitrogens is 4. The van der Waals surface area contributed by atoms with Crippen LogP contribution in [0.3, 0.4) is 0 Å². The predicted molar refractivity (Wildman–Crippen MR) is 90.0 cm³/mol. The number of amides is 1. The van der Waals surface area contributed by atoms with E-state index in [9.17, 15) is 4.79 Å². The van der Waals surface area contributed by atoms with Gasteiger partial charge in [-0.3, -0.25) is 14.7 Å². The zero-order valence-electron chi connectivity index (χ0n) is 14.1. The largest absolute Gasteiger partial charge is 0.352 e. The van der Waals surface area contributed by atoms with E-state index in [0.29, 0.717) is 12.8 Å². The maximum Gasteiger partial charge on any atom is 0.220 e. The van der Waals surface area contributed by atoms with Gasteiger partial charge < -0.3 is 9.88 Å². The molecule has 1 atom stereocenters. The Balaban J connectivity index is 1.44. The van der Waals surface area contributed by atoms with Crippen LogP contribution in [0.5, 0.6) is 0 Å². The molecular weight excluding hydrogens is 304 g/mol. The predicted octanol–water partition coefficient (Wildman–Crippen LogP) is 0.923. The Morgan fingerprint density at radius 1 is 1.46 bits per heavy atom. The zero-order valence-corrected chi connectivity index (χ0v) is 14.1. The van der Waals surface area contributed by atoms with Crippen molar-refractivity contribution in [2.75, 3.05) is 13.1 Å². The molecule has 3 rings (SSSR count). The smallest absolute Gasteiger partial charge is 0.220 e. The van der Waals surface area contributed by atoms with Gasteiger partial charge in [-0.15, -0.1) is 10.2 Å². The van der Waals surface area contributed by atoms with Gasteiger partial charge in [0.1, 0.15) is 12.2 Å². The number of piperidine rings is 1. The number of rotatable bonds is 6. The van der Waals surface area contributed by atoms with Crippen molar-refractivity contribution in [1.82, 2.24) is 30.0 Å². The number of hydrogen-bond acceptors (Lipinski definition) is 5. The van der Waals surface area contributed by atoms with Gasteiger partial charge in [-0.25, -0.2) is 0 Å². The molecule has 3 heterocycles. The van der Waals surface area contributed by atoms with E-state index in [1.807, 2.05) is 23.9 Å². The third kappa shape index (κ3) is 4.61. The molecule has 7 heteroatoms. The fraction of sp³-hybridized carbons (Fsp3) is 0.529. The quantitative estimate of drug-likeness (QED) is 0.853. The van der Waals surface area contributed by atoms with E-state index in [1.54, 1.807) is 12.5 Å². The summed E-state index contributed by atoms with van der Waals surface area (Å²) in [6.45, 7) is 2.85. The summed E-state index contributed by atoms with van der Waals surface area (Å²) in [6.07, 6.45) is 8.57. The fourth-order valence-corrected chi connectivity index (χ4v) is 3.13. The van der Waals surface area contributed by atoms with Crippen LogP contribution >= 0.6 is 0 Å². The van der Waals surface area contributed by atoms with Crippen LogP contribution in [-0.2, 0) is 24.8 Å². The van der Waals surface area contributed by atoms with Crippen LogP contribution < -0.4 is 5.32 Å². The first-order valence-electron chi connectivity index (χ1n) is 8.44. The van der Waals surface area contributed by atoms with Gasteiger partial charge >= 0.3 is 0 Å². The minimum atomic E-state index is 0.0891.